The van der Waals surface area contributed by atoms with E-state index in [2.05, 4.69) is 4.98 Å². The zero-order valence-electron chi connectivity index (χ0n) is 18.4. The minimum Gasteiger partial charge on any atom is -0.507 e. The summed E-state index contributed by atoms with van der Waals surface area (Å²) >= 11 is 1.04. The number of hydrogen-bond acceptors (Lipinski definition) is 6. The van der Waals surface area contributed by atoms with Gasteiger partial charge >= 0.3 is 5.91 Å². The number of Topliss-reactive ketones (excluding diaryl/α,β-unsaturated/α-hetero) is 1. The maximum atomic E-state index is 13.7. The van der Waals surface area contributed by atoms with Gasteiger partial charge < -0.3 is 9.84 Å². The van der Waals surface area contributed by atoms with E-state index in [4.69, 9.17) is 4.74 Å². The molecule has 1 unspecified atom stereocenters. The van der Waals surface area contributed by atoms with Gasteiger partial charge in [-0.15, -0.1) is 0 Å². The molecule has 1 aromatic heterocycles. The van der Waals surface area contributed by atoms with Crippen LogP contribution in [0.3, 0.4) is 0 Å². The molecule has 35 heavy (non-hydrogen) atoms. The molecule has 1 aliphatic heterocycles. The molecule has 176 valence electrons. The van der Waals surface area contributed by atoms with Crippen LogP contribution in [0, 0.1) is 11.6 Å². The quantitative estimate of drug-likeness (QED) is 0.223. The Labute approximate surface area is 202 Å². The lowest BCUT2D eigenvalue weighted by Gasteiger charge is -2.23. The van der Waals surface area contributed by atoms with Gasteiger partial charge in [0.2, 0.25) is 0 Å². The van der Waals surface area contributed by atoms with Gasteiger partial charge in [-0.3, -0.25) is 14.5 Å². The summed E-state index contributed by atoms with van der Waals surface area (Å²) in [5, 5.41) is 11.3. The van der Waals surface area contributed by atoms with Crippen molar-refractivity contribution in [2.24, 2.45) is 0 Å². The van der Waals surface area contributed by atoms with Crippen LogP contribution in [0.4, 0.5) is 13.9 Å². The first-order valence-electron chi connectivity index (χ1n) is 10.7. The van der Waals surface area contributed by atoms with E-state index in [0.717, 1.165) is 16.2 Å². The first kappa shape index (κ1) is 22.7. The predicted octanol–water partition coefficient (Wildman–Crippen LogP) is 5.60. The lowest BCUT2D eigenvalue weighted by molar-refractivity contribution is -0.132. The third-order valence-corrected chi connectivity index (χ3v) is 6.63. The molecule has 6 nitrogen and oxygen atoms in total. The fraction of sp³-hybridized carbons (Fsp3) is 0.115. The fourth-order valence-corrected chi connectivity index (χ4v) is 5.03. The first-order chi connectivity index (χ1) is 16.9. The molecule has 1 aliphatic rings. The molecule has 2 heterocycles. The summed E-state index contributed by atoms with van der Waals surface area (Å²) in [7, 11) is 0. The second-order valence-electron chi connectivity index (χ2n) is 7.79. The van der Waals surface area contributed by atoms with Gasteiger partial charge in [-0.2, -0.15) is 0 Å². The van der Waals surface area contributed by atoms with Crippen LogP contribution in [0.25, 0.3) is 16.0 Å². The highest BCUT2D eigenvalue weighted by atomic mass is 32.1. The number of nitrogens with zero attached hydrogens (tertiary/aromatic N) is 2. The van der Waals surface area contributed by atoms with Crippen molar-refractivity contribution in [2.45, 2.75) is 13.0 Å². The average Bonchev–Trinajstić information content (AvgIpc) is 3.37. The number of rotatable bonds is 5. The molecule has 1 N–H and O–H groups in total. The van der Waals surface area contributed by atoms with E-state index in [-0.39, 0.29) is 16.5 Å². The average molecular weight is 493 g/mol. The normalized spacial score (nSPS) is 17.3. The molecule has 5 rings (SSSR count). The Bertz CT molecular complexity index is 1480. The summed E-state index contributed by atoms with van der Waals surface area (Å²) in [4.78, 5) is 32.0. The van der Waals surface area contributed by atoms with Crippen LogP contribution in [0.5, 0.6) is 5.75 Å². The summed E-state index contributed by atoms with van der Waals surface area (Å²) in [6.07, 6.45) is 0. The van der Waals surface area contributed by atoms with E-state index >= 15 is 0 Å². The second-order valence-corrected chi connectivity index (χ2v) is 8.80. The van der Waals surface area contributed by atoms with Gasteiger partial charge in [0.25, 0.3) is 5.78 Å². The van der Waals surface area contributed by atoms with Crippen molar-refractivity contribution in [1.82, 2.24) is 4.98 Å². The highest BCUT2D eigenvalue weighted by molar-refractivity contribution is 7.22. The van der Waals surface area contributed by atoms with Crippen molar-refractivity contribution in [3.8, 4) is 5.75 Å². The summed E-state index contributed by atoms with van der Waals surface area (Å²) in [6.45, 7) is 2.31. The van der Waals surface area contributed by atoms with Gasteiger partial charge in [0.15, 0.2) is 5.13 Å². The number of carbonyl (C=O) groups excluding carboxylic acids is 2. The maximum Gasteiger partial charge on any atom is 0.301 e. The number of fused-ring (bicyclic) bond motifs is 1. The molecule has 9 heteroatoms. The number of thiazole rings is 1. The SMILES string of the molecule is CCOc1ccc(C(O)=C2C(=O)C(=O)N(c3nc4ccc(F)cc4s3)C2c2ccc(F)cc2)cc1. The summed E-state index contributed by atoms with van der Waals surface area (Å²) in [6, 6.07) is 14.7. The molecule has 4 aromatic rings. The van der Waals surface area contributed by atoms with Gasteiger partial charge in [-0.1, -0.05) is 23.5 Å². The molecule has 0 saturated carbocycles. The number of aliphatic hydroxyl groups excluding tert-OH is 1. The van der Waals surface area contributed by atoms with Crippen molar-refractivity contribution in [2.75, 3.05) is 11.5 Å². The first-order valence-corrected chi connectivity index (χ1v) is 11.5. The molecule has 0 bridgehead atoms. The lowest BCUT2D eigenvalue weighted by Crippen LogP contribution is -2.29. The molecule has 1 amide bonds. The third-order valence-electron chi connectivity index (χ3n) is 5.61. The number of carbonyl (C=O) groups is 2. The fourth-order valence-electron chi connectivity index (χ4n) is 4.01. The second kappa shape index (κ2) is 8.92. The molecule has 1 atom stereocenters. The molecule has 1 fully saturated rings. The topological polar surface area (TPSA) is 79.7 Å². The van der Waals surface area contributed by atoms with E-state index in [1.165, 1.54) is 42.5 Å². The van der Waals surface area contributed by atoms with Crippen LogP contribution in [0.2, 0.25) is 0 Å². The Hall–Kier alpha value is -4.11. The van der Waals surface area contributed by atoms with Gasteiger partial charge in [0.05, 0.1) is 28.4 Å². The van der Waals surface area contributed by atoms with Crippen molar-refractivity contribution >= 4 is 44.1 Å². The van der Waals surface area contributed by atoms with E-state index in [0.29, 0.717) is 33.7 Å². The van der Waals surface area contributed by atoms with Crippen LogP contribution in [-0.2, 0) is 9.59 Å². The molecule has 1 saturated heterocycles. The largest absolute Gasteiger partial charge is 0.507 e. The molecule has 3 aromatic carbocycles. The van der Waals surface area contributed by atoms with Crippen molar-refractivity contribution in [1.29, 1.82) is 0 Å². The Kier molecular flexibility index (Phi) is 5.78. The Balaban J connectivity index is 1.68. The standard InChI is InChI=1S/C26H18F2N2O4S/c1-2-34-18-10-5-15(6-11-18)23(31)21-22(14-3-7-16(27)8-4-14)30(25(33)24(21)32)26-29-19-12-9-17(28)13-20(19)35-26/h3-13,22,31H,2H2,1H3. The highest BCUT2D eigenvalue weighted by Crippen LogP contribution is 2.44. The Morgan fingerprint density at radius 2 is 1.71 bits per heavy atom. The van der Waals surface area contributed by atoms with E-state index < -0.39 is 29.4 Å². The zero-order chi connectivity index (χ0) is 24.7. The third kappa shape index (κ3) is 4.04. The van der Waals surface area contributed by atoms with E-state index in [1.54, 1.807) is 24.3 Å². The van der Waals surface area contributed by atoms with Gasteiger partial charge in [0.1, 0.15) is 23.1 Å². The summed E-state index contributed by atoms with van der Waals surface area (Å²) in [5.41, 5.74) is 1.02. The number of aliphatic hydroxyl groups is 1. The zero-order valence-corrected chi connectivity index (χ0v) is 19.2. The number of aromatic nitrogens is 1. The van der Waals surface area contributed by atoms with Crippen LogP contribution in [0.1, 0.15) is 24.1 Å². The number of amides is 1. The minimum atomic E-state index is -1.06. The number of halogens is 2. The molecule has 0 spiro atoms. The lowest BCUT2D eigenvalue weighted by atomic mass is 9.95. The van der Waals surface area contributed by atoms with Crippen molar-refractivity contribution < 1.29 is 28.2 Å². The Morgan fingerprint density at radius 3 is 2.40 bits per heavy atom. The number of ketones is 1. The number of anilines is 1. The van der Waals surface area contributed by atoms with E-state index in [1.807, 2.05) is 6.92 Å². The minimum absolute atomic E-state index is 0.156. The predicted molar refractivity (Wildman–Crippen MR) is 128 cm³/mol. The van der Waals surface area contributed by atoms with Crippen LogP contribution in [0.15, 0.2) is 72.3 Å². The number of benzene rings is 3. The molecular formula is C26H18F2N2O4S. The summed E-state index contributed by atoms with van der Waals surface area (Å²) < 4.78 is 33.3. The summed E-state index contributed by atoms with van der Waals surface area (Å²) in [5.74, 6) is -2.55. The smallest absolute Gasteiger partial charge is 0.301 e. The van der Waals surface area contributed by atoms with Gasteiger partial charge in [-0.25, -0.2) is 13.8 Å². The van der Waals surface area contributed by atoms with Gasteiger partial charge in [-0.05, 0) is 67.1 Å². The monoisotopic (exact) mass is 492 g/mol. The molecule has 0 radical (unpaired) electrons. The number of hydrogen-bond donors (Lipinski definition) is 1. The van der Waals surface area contributed by atoms with Crippen LogP contribution < -0.4 is 9.64 Å². The number of ether oxygens (including phenoxy) is 1. The van der Waals surface area contributed by atoms with Crippen molar-refractivity contribution in [3.05, 3.63) is 95.1 Å². The van der Waals surface area contributed by atoms with Gasteiger partial charge in [0, 0.05) is 5.56 Å². The molecule has 0 aliphatic carbocycles. The highest BCUT2D eigenvalue weighted by Gasteiger charge is 2.48. The maximum absolute atomic E-state index is 13.7. The van der Waals surface area contributed by atoms with Crippen LogP contribution in [-0.4, -0.2) is 28.4 Å². The van der Waals surface area contributed by atoms with Crippen molar-refractivity contribution in [3.63, 3.8) is 0 Å². The Morgan fingerprint density at radius 1 is 1.03 bits per heavy atom. The van der Waals surface area contributed by atoms with Crippen LogP contribution >= 0.6 is 11.3 Å². The van der Waals surface area contributed by atoms with E-state index in [9.17, 15) is 23.5 Å². The molecular weight excluding hydrogens is 474 g/mol.